The summed E-state index contributed by atoms with van der Waals surface area (Å²) in [6.45, 7) is 0. The first kappa shape index (κ1) is 40.1. The Bertz CT molecular complexity index is 3060. The van der Waals surface area contributed by atoms with Crippen LogP contribution in [0, 0.1) is 0 Å². The standard InChI is InChI=1S/C60H47N3O/c1-64-59-41-50(58-40-49-15-5-6-17-53(49)60(63-58)48-13-3-2-4-14-48)33-34-55(59)54-18-8-7-16-52(54)51-38-44(23-21-42-25-29-46(30-26-42)56-19-9-11-35-61-56)37-45(39-51)24-22-43-27-31-47(32-28-43)57-20-10-12-36-62-57/h2-20,25-41H,21-24H2,1H3. The second kappa shape index (κ2) is 18.6. The summed E-state index contributed by atoms with van der Waals surface area (Å²) in [5, 5.41) is 2.28. The van der Waals surface area contributed by atoms with E-state index in [1.165, 1.54) is 33.4 Å². The molecule has 0 atom stereocenters. The van der Waals surface area contributed by atoms with E-state index < -0.39 is 0 Å². The summed E-state index contributed by atoms with van der Waals surface area (Å²) < 4.78 is 6.22. The van der Waals surface area contributed by atoms with Gasteiger partial charge in [-0.1, -0.05) is 164 Å². The second-order valence-electron chi connectivity index (χ2n) is 16.3. The Morgan fingerprint density at radius 2 is 0.906 bits per heavy atom. The maximum atomic E-state index is 6.22. The first-order valence-electron chi connectivity index (χ1n) is 22.0. The van der Waals surface area contributed by atoms with Gasteiger partial charge in [0.1, 0.15) is 5.75 Å². The van der Waals surface area contributed by atoms with Gasteiger partial charge < -0.3 is 4.74 Å². The quantitative estimate of drug-likeness (QED) is 0.116. The van der Waals surface area contributed by atoms with E-state index in [0.29, 0.717) is 0 Å². The SMILES string of the molecule is COc1cc(-c2cc3ccccc3c(-c3ccccc3)n2)ccc1-c1ccccc1-c1cc(CCc2ccc(-c3ccccn3)cc2)cc(CCc2ccc(-c3ccccn3)cc2)c1. The predicted octanol–water partition coefficient (Wildman–Crippen LogP) is 14.6. The number of aryl methyl sites for hydroxylation is 4. The summed E-state index contributed by atoms with van der Waals surface area (Å²) in [6, 6.07) is 73.3. The Labute approximate surface area is 375 Å². The molecule has 3 heterocycles. The molecule has 64 heavy (non-hydrogen) atoms. The zero-order valence-corrected chi connectivity index (χ0v) is 35.9. The fraction of sp³-hybridized carbons (Fsp3) is 0.0833. The summed E-state index contributed by atoms with van der Waals surface area (Å²) in [7, 11) is 1.76. The number of ether oxygens (including phenoxy) is 1. The molecule has 3 aromatic heterocycles. The van der Waals surface area contributed by atoms with Gasteiger partial charge in [0, 0.05) is 45.6 Å². The maximum Gasteiger partial charge on any atom is 0.127 e. The van der Waals surface area contributed by atoms with Crippen molar-refractivity contribution < 1.29 is 4.74 Å². The van der Waals surface area contributed by atoms with E-state index >= 15 is 0 Å². The third kappa shape index (κ3) is 8.86. The summed E-state index contributed by atoms with van der Waals surface area (Å²) in [5.41, 5.74) is 18.0. The van der Waals surface area contributed by atoms with Crippen LogP contribution in [0.1, 0.15) is 22.3 Å². The van der Waals surface area contributed by atoms with Crippen molar-refractivity contribution in [3.05, 3.63) is 241 Å². The molecule has 0 spiro atoms. The highest BCUT2D eigenvalue weighted by atomic mass is 16.5. The zero-order chi connectivity index (χ0) is 43.1. The van der Waals surface area contributed by atoms with E-state index in [2.05, 4.69) is 186 Å². The summed E-state index contributed by atoms with van der Waals surface area (Å²) in [5.74, 6) is 0.806. The number of hydrogen-bond donors (Lipinski definition) is 0. The minimum Gasteiger partial charge on any atom is -0.496 e. The van der Waals surface area contributed by atoms with E-state index in [9.17, 15) is 0 Å². The number of methoxy groups -OCH3 is 1. The molecule has 0 radical (unpaired) electrons. The molecule has 0 bridgehead atoms. The zero-order valence-electron chi connectivity index (χ0n) is 35.9. The smallest absolute Gasteiger partial charge is 0.127 e. The van der Waals surface area contributed by atoms with Crippen LogP contribution in [-0.2, 0) is 25.7 Å². The minimum absolute atomic E-state index is 0.806. The van der Waals surface area contributed by atoms with Crippen LogP contribution >= 0.6 is 0 Å². The lowest BCUT2D eigenvalue weighted by Gasteiger charge is -2.17. The number of pyridine rings is 3. The van der Waals surface area contributed by atoms with Gasteiger partial charge in [0.2, 0.25) is 0 Å². The van der Waals surface area contributed by atoms with Gasteiger partial charge in [-0.3, -0.25) is 9.97 Å². The van der Waals surface area contributed by atoms with Crippen LogP contribution in [0.5, 0.6) is 5.75 Å². The lowest BCUT2D eigenvalue weighted by Crippen LogP contribution is -1.98. The van der Waals surface area contributed by atoms with Gasteiger partial charge in [-0.25, -0.2) is 4.98 Å². The molecule has 4 heteroatoms. The Balaban J connectivity index is 0.981. The fourth-order valence-electron chi connectivity index (χ4n) is 8.74. The molecule has 0 aliphatic rings. The number of aromatic nitrogens is 3. The molecule has 308 valence electrons. The largest absolute Gasteiger partial charge is 0.496 e. The highest BCUT2D eigenvalue weighted by Crippen LogP contribution is 2.41. The number of rotatable bonds is 13. The number of nitrogens with zero attached hydrogens (tertiary/aromatic N) is 3. The molecule has 0 aliphatic carbocycles. The highest BCUT2D eigenvalue weighted by molar-refractivity contribution is 5.97. The van der Waals surface area contributed by atoms with Gasteiger partial charge in [-0.15, -0.1) is 0 Å². The van der Waals surface area contributed by atoms with Gasteiger partial charge in [0.25, 0.3) is 0 Å². The van der Waals surface area contributed by atoms with Crippen LogP contribution in [-0.4, -0.2) is 22.1 Å². The summed E-state index contributed by atoms with van der Waals surface area (Å²) in [6.07, 6.45) is 7.41. The van der Waals surface area contributed by atoms with Crippen molar-refractivity contribution in [2.45, 2.75) is 25.7 Å². The van der Waals surface area contributed by atoms with Crippen LogP contribution in [0.15, 0.2) is 219 Å². The second-order valence-corrected chi connectivity index (χ2v) is 16.3. The lowest BCUT2D eigenvalue weighted by molar-refractivity contribution is 0.416. The van der Waals surface area contributed by atoms with Crippen molar-refractivity contribution in [2.24, 2.45) is 0 Å². The lowest BCUT2D eigenvalue weighted by atomic mass is 9.89. The van der Waals surface area contributed by atoms with Crippen molar-refractivity contribution in [3.8, 4) is 73.0 Å². The van der Waals surface area contributed by atoms with Crippen LogP contribution in [0.4, 0.5) is 0 Å². The molecule has 7 aromatic carbocycles. The monoisotopic (exact) mass is 825 g/mol. The van der Waals surface area contributed by atoms with Gasteiger partial charge in [0.15, 0.2) is 0 Å². The molecule has 10 aromatic rings. The van der Waals surface area contributed by atoms with E-state index in [0.717, 1.165) is 98.4 Å². The van der Waals surface area contributed by atoms with Gasteiger partial charge >= 0.3 is 0 Å². The fourth-order valence-corrected chi connectivity index (χ4v) is 8.74. The third-order valence-corrected chi connectivity index (χ3v) is 12.1. The number of benzene rings is 7. The molecule has 0 amide bonds. The molecular formula is C60H47N3O. The Morgan fingerprint density at radius 3 is 1.52 bits per heavy atom. The number of hydrogen-bond acceptors (Lipinski definition) is 4. The van der Waals surface area contributed by atoms with Crippen molar-refractivity contribution in [1.29, 1.82) is 0 Å². The summed E-state index contributed by atoms with van der Waals surface area (Å²) >= 11 is 0. The van der Waals surface area contributed by atoms with Gasteiger partial charge in [-0.2, -0.15) is 0 Å². The average Bonchev–Trinajstić information content (AvgIpc) is 3.38. The van der Waals surface area contributed by atoms with Crippen molar-refractivity contribution in [3.63, 3.8) is 0 Å². The molecule has 0 saturated carbocycles. The normalized spacial score (nSPS) is 11.1. The first-order chi connectivity index (χ1) is 31.6. The van der Waals surface area contributed by atoms with Crippen molar-refractivity contribution >= 4 is 10.8 Å². The van der Waals surface area contributed by atoms with Crippen molar-refractivity contribution in [2.75, 3.05) is 7.11 Å². The van der Waals surface area contributed by atoms with Gasteiger partial charge in [0.05, 0.1) is 29.9 Å². The average molecular weight is 826 g/mol. The molecular weight excluding hydrogens is 779 g/mol. The van der Waals surface area contributed by atoms with Gasteiger partial charge in [-0.05, 0) is 112 Å². The van der Waals surface area contributed by atoms with Crippen molar-refractivity contribution in [1.82, 2.24) is 15.0 Å². The molecule has 0 N–H and O–H groups in total. The Hall–Kier alpha value is -7.95. The molecule has 0 unspecified atom stereocenters. The van der Waals surface area contributed by atoms with E-state index in [1.54, 1.807) is 7.11 Å². The van der Waals surface area contributed by atoms with Crippen LogP contribution in [0.25, 0.3) is 78.1 Å². The molecule has 0 fully saturated rings. The van der Waals surface area contributed by atoms with E-state index in [-0.39, 0.29) is 0 Å². The minimum atomic E-state index is 0.806. The Kier molecular flexibility index (Phi) is 11.7. The molecule has 0 aliphatic heterocycles. The first-order valence-corrected chi connectivity index (χ1v) is 22.0. The molecule has 4 nitrogen and oxygen atoms in total. The Morgan fingerprint density at radius 1 is 0.359 bits per heavy atom. The predicted molar refractivity (Wildman–Crippen MR) is 264 cm³/mol. The van der Waals surface area contributed by atoms with E-state index in [1.807, 2.05) is 42.7 Å². The summed E-state index contributed by atoms with van der Waals surface area (Å²) in [4.78, 5) is 14.3. The third-order valence-electron chi connectivity index (χ3n) is 12.1. The maximum absolute atomic E-state index is 6.22. The van der Waals surface area contributed by atoms with Crippen LogP contribution in [0.2, 0.25) is 0 Å². The van der Waals surface area contributed by atoms with Crippen LogP contribution in [0.3, 0.4) is 0 Å². The van der Waals surface area contributed by atoms with E-state index in [4.69, 9.17) is 9.72 Å². The topological polar surface area (TPSA) is 47.9 Å². The highest BCUT2D eigenvalue weighted by Gasteiger charge is 2.17. The molecule has 0 saturated heterocycles. The number of fused-ring (bicyclic) bond motifs is 1. The van der Waals surface area contributed by atoms with Crippen LogP contribution < -0.4 is 4.74 Å². The molecule has 10 rings (SSSR count).